The van der Waals surface area contributed by atoms with Crippen molar-refractivity contribution in [3.05, 3.63) is 64.2 Å². The van der Waals surface area contributed by atoms with Crippen LogP contribution in [0.4, 0.5) is 14.5 Å². The molecule has 0 fully saturated rings. The maximum absolute atomic E-state index is 13.0. The van der Waals surface area contributed by atoms with Crippen molar-refractivity contribution in [1.29, 1.82) is 0 Å². The van der Waals surface area contributed by atoms with Gasteiger partial charge in [0, 0.05) is 17.3 Å². The molecule has 0 aliphatic heterocycles. The molecule has 0 bridgehead atoms. The fourth-order valence-corrected chi connectivity index (χ4v) is 1.74. The fraction of sp³-hybridized carbons (Fsp3) is 0.143. The van der Waals surface area contributed by atoms with E-state index < -0.39 is 11.6 Å². The molecule has 0 aliphatic rings. The van der Waals surface area contributed by atoms with E-state index in [-0.39, 0.29) is 0 Å². The van der Waals surface area contributed by atoms with Crippen LogP contribution in [0.2, 0.25) is 5.02 Å². The van der Waals surface area contributed by atoms with Crippen LogP contribution >= 0.6 is 11.6 Å². The molecule has 0 saturated heterocycles. The number of hydrogen-bond donors (Lipinski definition) is 1. The minimum absolute atomic E-state index is 0.413. The van der Waals surface area contributed by atoms with Crippen LogP contribution < -0.4 is 5.32 Å². The van der Waals surface area contributed by atoms with Crippen LogP contribution in [0.3, 0.4) is 0 Å². The Balaban J connectivity index is 2.06. The molecule has 0 atom stereocenters. The van der Waals surface area contributed by atoms with E-state index >= 15 is 0 Å². The van der Waals surface area contributed by atoms with Crippen LogP contribution in [0.5, 0.6) is 0 Å². The second-order valence-electron chi connectivity index (χ2n) is 4.07. The first-order valence-corrected chi connectivity index (χ1v) is 5.88. The smallest absolute Gasteiger partial charge is 0.159 e. The molecule has 1 nitrogen and oxygen atoms in total. The highest BCUT2D eigenvalue weighted by Crippen LogP contribution is 2.20. The molecule has 0 spiro atoms. The van der Waals surface area contributed by atoms with Gasteiger partial charge in [-0.1, -0.05) is 23.7 Å². The summed E-state index contributed by atoms with van der Waals surface area (Å²) in [4.78, 5) is 0. The summed E-state index contributed by atoms with van der Waals surface area (Å²) >= 11 is 5.99. The van der Waals surface area contributed by atoms with Crippen LogP contribution in [-0.2, 0) is 6.54 Å². The average Bonchev–Trinajstić information content (AvgIpc) is 2.35. The van der Waals surface area contributed by atoms with Crippen molar-refractivity contribution in [2.45, 2.75) is 13.5 Å². The zero-order valence-electron chi connectivity index (χ0n) is 9.81. The van der Waals surface area contributed by atoms with Crippen molar-refractivity contribution < 1.29 is 8.78 Å². The fourth-order valence-electron chi connectivity index (χ4n) is 1.56. The van der Waals surface area contributed by atoms with Crippen molar-refractivity contribution in [3.63, 3.8) is 0 Å². The van der Waals surface area contributed by atoms with Crippen molar-refractivity contribution in [2.75, 3.05) is 5.32 Å². The van der Waals surface area contributed by atoms with Gasteiger partial charge < -0.3 is 5.32 Å². The number of anilines is 1. The normalized spacial score (nSPS) is 10.4. The Bertz CT molecular complexity index is 518. The van der Waals surface area contributed by atoms with Gasteiger partial charge in [-0.3, -0.25) is 0 Å². The summed E-state index contributed by atoms with van der Waals surface area (Å²) in [7, 11) is 0. The highest BCUT2D eigenvalue weighted by molar-refractivity contribution is 6.31. The average molecular weight is 268 g/mol. The van der Waals surface area contributed by atoms with Gasteiger partial charge in [0.1, 0.15) is 0 Å². The summed E-state index contributed by atoms with van der Waals surface area (Å²) in [6, 6.07) is 9.43. The van der Waals surface area contributed by atoms with Gasteiger partial charge in [-0.15, -0.1) is 0 Å². The van der Waals surface area contributed by atoms with Crippen molar-refractivity contribution in [3.8, 4) is 0 Å². The lowest BCUT2D eigenvalue weighted by molar-refractivity contribution is 0.507. The number of nitrogens with one attached hydrogen (secondary N) is 1. The molecule has 0 radical (unpaired) electrons. The van der Waals surface area contributed by atoms with Gasteiger partial charge in [0.05, 0.1) is 0 Å². The highest BCUT2D eigenvalue weighted by atomic mass is 35.5. The first-order valence-electron chi connectivity index (χ1n) is 5.50. The lowest BCUT2D eigenvalue weighted by Crippen LogP contribution is -2.00. The minimum Gasteiger partial charge on any atom is -0.381 e. The van der Waals surface area contributed by atoms with E-state index in [0.717, 1.165) is 17.3 Å². The minimum atomic E-state index is -0.837. The van der Waals surface area contributed by atoms with Crippen LogP contribution in [-0.4, -0.2) is 0 Å². The Morgan fingerprint density at radius 2 is 1.83 bits per heavy atom. The van der Waals surface area contributed by atoms with Gasteiger partial charge in [-0.2, -0.15) is 0 Å². The molecular weight excluding hydrogens is 256 g/mol. The third kappa shape index (κ3) is 2.99. The molecule has 1 N–H and O–H groups in total. The third-order valence-corrected chi connectivity index (χ3v) is 3.06. The van der Waals surface area contributed by atoms with E-state index in [2.05, 4.69) is 5.32 Å². The van der Waals surface area contributed by atoms with E-state index in [1.807, 2.05) is 19.1 Å². The SMILES string of the molecule is Cc1ccc(NCc2ccc(F)c(F)c2)cc1Cl. The van der Waals surface area contributed by atoms with E-state index in [0.29, 0.717) is 17.1 Å². The lowest BCUT2D eigenvalue weighted by atomic mass is 10.2. The van der Waals surface area contributed by atoms with E-state index in [1.165, 1.54) is 6.07 Å². The summed E-state index contributed by atoms with van der Waals surface area (Å²) in [6.45, 7) is 2.33. The zero-order valence-corrected chi connectivity index (χ0v) is 10.6. The maximum atomic E-state index is 13.0. The van der Waals surface area contributed by atoms with Crippen LogP contribution in [0.25, 0.3) is 0 Å². The first-order chi connectivity index (χ1) is 8.56. The standard InChI is InChI=1S/C14H12ClF2N/c1-9-2-4-11(7-12(9)15)18-8-10-3-5-13(16)14(17)6-10/h2-7,18H,8H2,1H3. The van der Waals surface area contributed by atoms with Gasteiger partial charge in [-0.25, -0.2) is 8.78 Å². The summed E-state index contributed by atoms with van der Waals surface area (Å²) in [5.74, 6) is -1.67. The molecule has 0 unspecified atom stereocenters. The predicted molar refractivity (Wildman–Crippen MR) is 69.9 cm³/mol. The van der Waals surface area contributed by atoms with Crippen LogP contribution in [0, 0.1) is 18.6 Å². The molecule has 2 rings (SSSR count). The van der Waals surface area contributed by atoms with Crippen LogP contribution in [0.15, 0.2) is 36.4 Å². The molecular formula is C14H12ClF2N. The van der Waals surface area contributed by atoms with E-state index in [1.54, 1.807) is 12.1 Å². The van der Waals surface area contributed by atoms with Crippen LogP contribution in [0.1, 0.15) is 11.1 Å². The number of hydrogen-bond acceptors (Lipinski definition) is 1. The Morgan fingerprint density at radius 3 is 2.50 bits per heavy atom. The number of halogens is 3. The number of benzene rings is 2. The van der Waals surface area contributed by atoms with Crippen molar-refractivity contribution >= 4 is 17.3 Å². The number of aryl methyl sites for hydroxylation is 1. The molecule has 0 aliphatic carbocycles. The summed E-state index contributed by atoms with van der Waals surface area (Å²) < 4.78 is 25.7. The molecule has 94 valence electrons. The molecule has 0 amide bonds. The predicted octanol–water partition coefficient (Wildman–Crippen LogP) is 4.54. The lowest BCUT2D eigenvalue weighted by Gasteiger charge is -2.08. The zero-order chi connectivity index (χ0) is 13.1. The Labute approximate surface area is 109 Å². The Hall–Kier alpha value is -1.61. The second-order valence-corrected chi connectivity index (χ2v) is 4.47. The highest BCUT2D eigenvalue weighted by Gasteiger charge is 2.03. The van der Waals surface area contributed by atoms with Gasteiger partial charge in [0.15, 0.2) is 11.6 Å². The monoisotopic (exact) mass is 267 g/mol. The Kier molecular flexibility index (Phi) is 3.82. The first kappa shape index (κ1) is 12.8. The van der Waals surface area contributed by atoms with E-state index in [4.69, 9.17) is 11.6 Å². The molecule has 0 heterocycles. The van der Waals surface area contributed by atoms with Gasteiger partial charge >= 0.3 is 0 Å². The second kappa shape index (κ2) is 5.36. The largest absolute Gasteiger partial charge is 0.381 e. The van der Waals surface area contributed by atoms with Crippen molar-refractivity contribution in [1.82, 2.24) is 0 Å². The molecule has 4 heteroatoms. The Morgan fingerprint density at radius 1 is 1.06 bits per heavy atom. The molecule has 0 aromatic heterocycles. The molecule has 2 aromatic carbocycles. The van der Waals surface area contributed by atoms with Gasteiger partial charge in [0.25, 0.3) is 0 Å². The van der Waals surface area contributed by atoms with Gasteiger partial charge in [-0.05, 0) is 42.3 Å². The summed E-state index contributed by atoms with van der Waals surface area (Å²) in [5.41, 5.74) is 2.51. The van der Waals surface area contributed by atoms with Gasteiger partial charge in [0.2, 0.25) is 0 Å². The molecule has 2 aromatic rings. The van der Waals surface area contributed by atoms with E-state index in [9.17, 15) is 8.78 Å². The quantitative estimate of drug-likeness (QED) is 0.861. The van der Waals surface area contributed by atoms with Crippen molar-refractivity contribution in [2.24, 2.45) is 0 Å². The number of rotatable bonds is 3. The summed E-state index contributed by atoms with van der Waals surface area (Å²) in [5, 5.41) is 3.77. The topological polar surface area (TPSA) is 12.0 Å². The molecule has 0 saturated carbocycles. The maximum Gasteiger partial charge on any atom is 0.159 e. The third-order valence-electron chi connectivity index (χ3n) is 2.65. The summed E-state index contributed by atoms with van der Waals surface area (Å²) in [6.07, 6.45) is 0. The molecule has 18 heavy (non-hydrogen) atoms.